The molecule has 0 atom stereocenters. The molecule has 0 radical (unpaired) electrons. The van der Waals surface area contributed by atoms with Crippen LogP contribution in [0.4, 0.5) is 0 Å². The molecular weight excluding hydrogens is 230 g/mol. The van der Waals surface area contributed by atoms with Crippen LogP contribution < -0.4 is 0 Å². The lowest BCUT2D eigenvalue weighted by Gasteiger charge is -2.35. The van der Waals surface area contributed by atoms with Gasteiger partial charge < -0.3 is 0 Å². The molecule has 1 saturated carbocycles. The molecule has 0 aromatic heterocycles. The van der Waals surface area contributed by atoms with E-state index < -0.39 is 0 Å². The second-order valence-corrected chi connectivity index (χ2v) is 6.29. The quantitative estimate of drug-likeness (QED) is 0.739. The Morgan fingerprint density at radius 3 is 2.37 bits per heavy atom. The summed E-state index contributed by atoms with van der Waals surface area (Å²) < 4.78 is 0. The average molecular weight is 255 g/mol. The SMILES string of the molecule is CCCC1CCC(C#N)(Cc2ccc(C)cc2)CC1. The van der Waals surface area contributed by atoms with E-state index >= 15 is 0 Å². The van der Waals surface area contributed by atoms with Crippen LogP contribution in [-0.2, 0) is 6.42 Å². The standard InChI is InChI=1S/C18H25N/c1-3-4-16-9-11-18(14-19,12-10-16)13-17-7-5-15(2)6-8-17/h5-8,16H,3-4,9-13H2,1-2H3. The summed E-state index contributed by atoms with van der Waals surface area (Å²) in [5, 5.41) is 9.62. The summed E-state index contributed by atoms with van der Waals surface area (Å²) in [7, 11) is 0. The van der Waals surface area contributed by atoms with Crippen LogP contribution in [-0.4, -0.2) is 0 Å². The van der Waals surface area contributed by atoms with Crippen LogP contribution in [0.25, 0.3) is 0 Å². The molecule has 1 aromatic rings. The number of nitrogens with zero attached hydrogens (tertiary/aromatic N) is 1. The molecule has 0 N–H and O–H groups in total. The minimum atomic E-state index is -0.0977. The highest BCUT2D eigenvalue weighted by Crippen LogP contribution is 2.42. The van der Waals surface area contributed by atoms with Gasteiger partial charge >= 0.3 is 0 Å². The second-order valence-electron chi connectivity index (χ2n) is 6.29. The zero-order chi connectivity index (χ0) is 13.7. The van der Waals surface area contributed by atoms with Gasteiger partial charge in [0.2, 0.25) is 0 Å². The number of benzene rings is 1. The van der Waals surface area contributed by atoms with Crippen molar-refractivity contribution in [2.45, 2.75) is 58.8 Å². The summed E-state index contributed by atoms with van der Waals surface area (Å²) in [6.45, 7) is 4.37. The molecule has 0 amide bonds. The Balaban J connectivity index is 2.01. The zero-order valence-corrected chi connectivity index (χ0v) is 12.3. The van der Waals surface area contributed by atoms with Gasteiger partial charge in [-0.1, -0.05) is 49.6 Å². The van der Waals surface area contributed by atoms with Crippen molar-refractivity contribution >= 4 is 0 Å². The average Bonchev–Trinajstić information content (AvgIpc) is 2.44. The van der Waals surface area contributed by atoms with Crippen LogP contribution >= 0.6 is 0 Å². The van der Waals surface area contributed by atoms with Crippen LogP contribution in [0.3, 0.4) is 0 Å². The van der Waals surface area contributed by atoms with E-state index in [9.17, 15) is 5.26 Å². The van der Waals surface area contributed by atoms with Crippen LogP contribution in [0.15, 0.2) is 24.3 Å². The summed E-state index contributed by atoms with van der Waals surface area (Å²) in [6.07, 6.45) is 8.21. The molecule has 1 aliphatic carbocycles. The van der Waals surface area contributed by atoms with Gasteiger partial charge in [0.1, 0.15) is 0 Å². The third kappa shape index (κ3) is 3.60. The summed E-state index contributed by atoms with van der Waals surface area (Å²) in [6, 6.07) is 11.3. The van der Waals surface area contributed by atoms with Crippen LogP contribution in [0.2, 0.25) is 0 Å². The fourth-order valence-corrected chi connectivity index (χ4v) is 3.35. The van der Waals surface area contributed by atoms with Crippen molar-refractivity contribution in [2.75, 3.05) is 0 Å². The summed E-state index contributed by atoms with van der Waals surface area (Å²) in [5.41, 5.74) is 2.52. The van der Waals surface area contributed by atoms with Crippen molar-refractivity contribution in [3.63, 3.8) is 0 Å². The van der Waals surface area contributed by atoms with E-state index in [-0.39, 0.29) is 5.41 Å². The van der Waals surface area contributed by atoms with Crippen molar-refractivity contribution < 1.29 is 0 Å². The first-order chi connectivity index (χ1) is 9.17. The number of aryl methyl sites for hydroxylation is 1. The minimum absolute atomic E-state index is 0.0977. The highest BCUT2D eigenvalue weighted by atomic mass is 14.4. The van der Waals surface area contributed by atoms with Crippen molar-refractivity contribution in [2.24, 2.45) is 11.3 Å². The van der Waals surface area contributed by atoms with E-state index in [1.807, 2.05) is 0 Å². The molecule has 2 rings (SSSR count). The minimum Gasteiger partial charge on any atom is -0.198 e. The predicted molar refractivity (Wildman–Crippen MR) is 79.8 cm³/mol. The molecule has 0 aliphatic heterocycles. The van der Waals surface area contributed by atoms with E-state index in [0.717, 1.165) is 25.2 Å². The van der Waals surface area contributed by atoms with E-state index in [4.69, 9.17) is 0 Å². The summed E-state index contributed by atoms with van der Waals surface area (Å²) in [4.78, 5) is 0. The van der Waals surface area contributed by atoms with Crippen molar-refractivity contribution in [3.8, 4) is 6.07 Å². The number of nitriles is 1. The smallest absolute Gasteiger partial charge is 0.0693 e. The maximum absolute atomic E-state index is 9.62. The maximum Gasteiger partial charge on any atom is 0.0693 e. The largest absolute Gasteiger partial charge is 0.198 e. The Labute approximate surface area is 117 Å². The first-order valence-electron chi connectivity index (χ1n) is 7.64. The molecule has 1 aliphatic rings. The lowest BCUT2D eigenvalue weighted by atomic mass is 9.67. The molecule has 0 heterocycles. The third-order valence-corrected chi connectivity index (χ3v) is 4.66. The molecule has 102 valence electrons. The monoisotopic (exact) mass is 255 g/mol. The normalized spacial score (nSPS) is 26.9. The number of rotatable bonds is 4. The lowest BCUT2D eigenvalue weighted by Crippen LogP contribution is -2.28. The van der Waals surface area contributed by atoms with Gasteiger partial charge in [-0.3, -0.25) is 0 Å². The van der Waals surface area contributed by atoms with Gasteiger partial charge in [-0.05, 0) is 50.5 Å². The molecule has 0 unspecified atom stereocenters. The third-order valence-electron chi connectivity index (χ3n) is 4.66. The molecule has 1 heteroatoms. The van der Waals surface area contributed by atoms with Gasteiger partial charge in [0.05, 0.1) is 11.5 Å². The van der Waals surface area contributed by atoms with E-state index in [0.29, 0.717) is 0 Å². The molecule has 0 bridgehead atoms. The summed E-state index contributed by atoms with van der Waals surface area (Å²) in [5.74, 6) is 0.865. The fraction of sp³-hybridized carbons (Fsp3) is 0.611. The Hall–Kier alpha value is -1.29. The highest BCUT2D eigenvalue weighted by molar-refractivity contribution is 5.24. The van der Waals surface area contributed by atoms with Gasteiger partial charge in [0.25, 0.3) is 0 Å². The molecule has 1 aromatic carbocycles. The van der Waals surface area contributed by atoms with Gasteiger partial charge in [0, 0.05) is 0 Å². The van der Waals surface area contributed by atoms with Crippen molar-refractivity contribution in [3.05, 3.63) is 35.4 Å². The van der Waals surface area contributed by atoms with Gasteiger partial charge in [-0.2, -0.15) is 5.26 Å². The first kappa shape index (κ1) is 14.1. The van der Waals surface area contributed by atoms with E-state index in [1.54, 1.807) is 0 Å². The molecule has 1 fully saturated rings. The first-order valence-corrected chi connectivity index (χ1v) is 7.64. The molecule has 0 spiro atoms. The lowest BCUT2D eigenvalue weighted by molar-refractivity contribution is 0.201. The zero-order valence-electron chi connectivity index (χ0n) is 12.3. The second kappa shape index (κ2) is 6.24. The number of hydrogen-bond acceptors (Lipinski definition) is 1. The van der Waals surface area contributed by atoms with Gasteiger partial charge in [0.15, 0.2) is 0 Å². The Morgan fingerprint density at radius 1 is 1.21 bits per heavy atom. The molecule has 1 nitrogen and oxygen atoms in total. The molecular formula is C18H25N. The van der Waals surface area contributed by atoms with Gasteiger partial charge in [-0.25, -0.2) is 0 Å². The topological polar surface area (TPSA) is 23.8 Å². The Kier molecular flexibility index (Phi) is 4.64. The summed E-state index contributed by atoms with van der Waals surface area (Å²) >= 11 is 0. The van der Waals surface area contributed by atoms with Crippen LogP contribution in [0.1, 0.15) is 56.6 Å². The number of hydrogen-bond donors (Lipinski definition) is 0. The van der Waals surface area contributed by atoms with Crippen molar-refractivity contribution in [1.82, 2.24) is 0 Å². The highest BCUT2D eigenvalue weighted by Gasteiger charge is 2.35. The predicted octanol–water partition coefficient (Wildman–Crippen LogP) is 5.04. The van der Waals surface area contributed by atoms with Crippen LogP contribution in [0.5, 0.6) is 0 Å². The van der Waals surface area contributed by atoms with Crippen molar-refractivity contribution in [1.29, 1.82) is 5.26 Å². The van der Waals surface area contributed by atoms with Crippen LogP contribution in [0, 0.1) is 29.6 Å². The Bertz CT molecular complexity index is 430. The maximum atomic E-state index is 9.62. The van der Waals surface area contributed by atoms with E-state index in [2.05, 4.69) is 44.2 Å². The molecule has 0 saturated heterocycles. The fourth-order valence-electron chi connectivity index (χ4n) is 3.35. The molecule has 19 heavy (non-hydrogen) atoms. The Morgan fingerprint density at radius 2 is 1.84 bits per heavy atom. The van der Waals surface area contributed by atoms with E-state index in [1.165, 1.54) is 36.8 Å². The van der Waals surface area contributed by atoms with Gasteiger partial charge in [-0.15, -0.1) is 0 Å².